The summed E-state index contributed by atoms with van der Waals surface area (Å²) < 4.78 is 72.5. The summed E-state index contributed by atoms with van der Waals surface area (Å²) in [5.41, 5.74) is -3.54. The van der Waals surface area contributed by atoms with Gasteiger partial charge in [0, 0.05) is 18.0 Å². The highest BCUT2D eigenvalue weighted by atomic mass is 35.5. The third kappa shape index (κ3) is 6.20. The van der Waals surface area contributed by atoms with Gasteiger partial charge in [0.2, 0.25) is 0 Å². The molecule has 0 bridgehead atoms. The molecule has 0 aliphatic heterocycles. The van der Waals surface area contributed by atoms with Crippen LogP contribution in [0.2, 0.25) is 5.02 Å². The Morgan fingerprint density at radius 2 is 1.56 bits per heavy atom. The molecule has 1 amide bonds. The highest BCUT2D eigenvalue weighted by molar-refractivity contribution is 6.34. The van der Waals surface area contributed by atoms with Crippen LogP contribution in [0.15, 0.2) is 79.0 Å². The predicted molar refractivity (Wildman–Crippen MR) is 152 cm³/mol. The first-order chi connectivity index (χ1) is 21.3. The van der Waals surface area contributed by atoms with E-state index in [1.165, 1.54) is 36.4 Å². The molecular weight excluding hydrogens is 625 g/mol. The Morgan fingerprint density at radius 3 is 2.18 bits per heavy atom. The molecule has 0 aliphatic rings. The standard InChI is InChI=1S/C31H19ClF5N3O5/c32-23-6-3-7-25(41)27(23)26(42)15-39(14-16-10-17(33)12-18(34)11-16)29(43)22-13-38-40(28(22)31(35,36)37)24-9-8-21(30(44)45)19-4-1-2-5-20(19)24/h1-13,41H,14-15H2,(H,44,45). The molecular formula is C31H19ClF5N3O5. The summed E-state index contributed by atoms with van der Waals surface area (Å²) >= 11 is 6.06. The maximum atomic E-state index is 14.7. The zero-order chi connectivity index (χ0) is 32.6. The van der Waals surface area contributed by atoms with Crippen LogP contribution in [0.25, 0.3) is 16.5 Å². The fourth-order valence-electron chi connectivity index (χ4n) is 4.95. The van der Waals surface area contributed by atoms with E-state index in [0.717, 1.165) is 30.3 Å². The van der Waals surface area contributed by atoms with Crippen LogP contribution in [0.1, 0.15) is 42.3 Å². The van der Waals surface area contributed by atoms with Crippen molar-refractivity contribution in [2.24, 2.45) is 0 Å². The van der Waals surface area contributed by atoms with Crippen LogP contribution in [0.4, 0.5) is 22.0 Å². The smallest absolute Gasteiger partial charge is 0.434 e. The number of aromatic hydroxyl groups is 1. The van der Waals surface area contributed by atoms with Crippen LogP contribution in [0.5, 0.6) is 5.75 Å². The topological polar surface area (TPSA) is 113 Å². The molecule has 5 rings (SSSR count). The van der Waals surface area contributed by atoms with Crippen molar-refractivity contribution in [1.29, 1.82) is 0 Å². The number of carbonyl (C=O) groups is 3. The largest absolute Gasteiger partial charge is 0.507 e. The molecule has 2 N–H and O–H groups in total. The van der Waals surface area contributed by atoms with Gasteiger partial charge in [-0.25, -0.2) is 18.3 Å². The van der Waals surface area contributed by atoms with Crippen LogP contribution in [-0.2, 0) is 12.7 Å². The van der Waals surface area contributed by atoms with Gasteiger partial charge in [0.15, 0.2) is 11.5 Å². The van der Waals surface area contributed by atoms with Crippen molar-refractivity contribution in [1.82, 2.24) is 14.7 Å². The molecule has 230 valence electrons. The van der Waals surface area contributed by atoms with Crippen LogP contribution in [0.3, 0.4) is 0 Å². The Balaban J connectivity index is 1.65. The molecule has 0 saturated carbocycles. The van der Waals surface area contributed by atoms with Crippen molar-refractivity contribution in [2.75, 3.05) is 6.54 Å². The lowest BCUT2D eigenvalue weighted by Crippen LogP contribution is -2.36. The number of phenolic OH excluding ortho intramolecular Hbond substituents is 1. The first-order valence-electron chi connectivity index (χ1n) is 12.9. The van der Waals surface area contributed by atoms with Gasteiger partial charge in [0.05, 0.1) is 40.1 Å². The maximum Gasteiger partial charge on any atom is 0.434 e. The summed E-state index contributed by atoms with van der Waals surface area (Å²) in [6, 6.07) is 14.0. The van der Waals surface area contributed by atoms with Gasteiger partial charge >= 0.3 is 12.1 Å². The zero-order valence-electron chi connectivity index (χ0n) is 22.6. The molecule has 0 saturated heterocycles. The van der Waals surface area contributed by atoms with Crippen molar-refractivity contribution in [3.05, 3.63) is 124 Å². The van der Waals surface area contributed by atoms with Crippen LogP contribution >= 0.6 is 11.6 Å². The molecule has 14 heteroatoms. The highest BCUT2D eigenvalue weighted by Crippen LogP contribution is 2.37. The van der Waals surface area contributed by atoms with Gasteiger partial charge in [-0.15, -0.1) is 0 Å². The van der Waals surface area contributed by atoms with E-state index >= 15 is 0 Å². The first kappa shape index (κ1) is 31.1. The third-order valence-electron chi connectivity index (χ3n) is 6.82. The predicted octanol–water partition coefficient (Wildman–Crippen LogP) is 6.91. The minimum Gasteiger partial charge on any atom is -0.507 e. The van der Waals surface area contributed by atoms with Gasteiger partial charge in [0.1, 0.15) is 17.4 Å². The molecule has 45 heavy (non-hydrogen) atoms. The number of alkyl halides is 3. The van der Waals surface area contributed by atoms with Gasteiger partial charge in [-0.3, -0.25) is 9.59 Å². The number of amides is 1. The van der Waals surface area contributed by atoms with E-state index in [0.29, 0.717) is 21.8 Å². The molecule has 0 fully saturated rings. The van der Waals surface area contributed by atoms with Crippen molar-refractivity contribution in [3.63, 3.8) is 0 Å². The zero-order valence-corrected chi connectivity index (χ0v) is 23.4. The minimum atomic E-state index is -5.21. The third-order valence-corrected chi connectivity index (χ3v) is 7.13. The minimum absolute atomic E-state index is 0.0847. The highest BCUT2D eigenvalue weighted by Gasteiger charge is 2.42. The number of rotatable bonds is 8. The molecule has 1 aromatic heterocycles. The second-order valence-corrected chi connectivity index (χ2v) is 10.2. The van der Waals surface area contributed by atoms with Crippen LogP contribution in [-0.4, -0.2) is 49.1 Å². The molecule has 8 nitrogen and oxygen atoms in total. The summed E-state index contributed by atoms with van der Waals surface area (Å²) in [5, 5.41) is 23.6. The molecule has 0 spiro atoms. The molecule has 0 aliphatic carbocycles. The van der Waals surface area contributed by atoms with Crippen LogP contribution in [0, 0.1) is 11.6 Å². The monoisotopic (exact) mass is 643 g/mol. The summed E-state index contributed by atoms with van der Waals surface area (Å²) in [6.45, 7) is -1.67. The number of nitrogens with zero attached hydrogens (tertiary/aromatic N) is 3. The summed E-state index contributed by atoms with van der Waals surface area (Å²) in [7, 11) is 0. The Kier molecular flexibility index (Phi) is 8.30. The summed E-state index contributed by atoms with van der Waals surface area (Å²) in [5.74, 6) is -6.30. The van der Waals surface area contributed by atoms with E-state index in [-0.39, 0.29) is 32.6 Å². The molecule has 0 radical (unpaired) electrons. The Hall–Kier alpha value is -5.30. The van der Waals surface area contributed by atoms with Crippen molar-refractivity contribution in [3.8, 4) is 11.4 Å². The maximum absolute atomic E-state index is 14.7. The molecule has 5 aromatic rings. The number of hydrogen-bond acceptors (Lipinski definition) is 5. The van der Waals surface area contributed by atoms with E-state index in [9.17, 15) is 46.5 Å². The number of halogens is 6. The number of aromatic nitrogens is 2. The van der Waals surface area contributed by atoms with Crippen molar-refractivity contribution >= 4 is 40.0 Å². The lowest BCUT2D eigenvalue weighted by atomic mass is 10.0. The number of carboxylic acid groups (broad SMARTS) is 1. The molecule has 0 unspecified atom stereocenters. The lowest BCUT2D eigenvalue weighted by molar-refractivity contribution is -0.143. The van der Waals surface area contributed by atoms with E-state index in [4.69, 9.17) is 11.6 Å². The number of phenols is 1. The average molecular weight is 644 g/mol. The Morgan fingerprint density at radius 1 is 0.889 bits per heavy atom. The normalized spacial score (nSPS) is 11.5. The van der Waals surface area contributed by atoms with Gasteiger partial charge < -0.3 is 15.1 Å². The number of Topliss-reactive ketones (excluding diaryl/α,β-unsaturated/α-hetero) is 1. The number of fused-ring (bicyclic) bond motifs is 1. The number of hydrogen-bond donors (Lipinski definition) is 2. The first-order valence-corrected chi connectivity index (χ1v) is 13.3. The SMILES string of the molecule is O=C(CN(Cc1cc(F)cc(F)c1)C(=O)c1cnn(-c2ccc(C(=O)O)c3ccccc23)c1C(F)(F)F)c1c(O)cccc1Cl. The number of benzene rings is 4. The van der Waals surface area contributed by atoms with Gasteiger partial charge in [-0.1, -0.05) is 41.9 Å². The number of aromatic carboxylic acids is 1. The Labute approximate surface area is 255 Å². The molecule has 1 heterocycles. The number of ketones is 1. The molecule has 4 aromatic carbocycles. The number of carbonyl (C=O) groups excluding carboxylic acids is 2. The van der Waals surface area contributed by atoms with E-state index in [2.05, 4.69) is 5.10 Å². The number of carboxylic acids is 1. The second-order valence-electron chi connectivity index (χ2n) is 9.80. The average Bonchev–Trinajstić information content (AvgIpc) is 3.41. The Bertz CT molecular complexity index is 1950. The van der Waals surface area contributed by atoms with E-state index < -0.39 is 71.1 Å². The van der Waals surface area contributed by atoms with Gasteiger partial charge in [-0.2, -0.15) is 18.3 Å². The van der Waals surface area contributed by atoms with Crippen molar-refractivity contribution in [2.45, 2.75) is 12.7 Å². The summed E-state index contributed by atoms with van der Waals surface area (Å²) in [4.78, 5) is 39.4. The van der Waals surface area contributed by atoms with Gasteiger partial charge in [0.25, 0.3) is 5.91 Å². The lowest BCUT2D eigenvalue weighted by Gasteiger charge is -2.23. The van der Waals surface area contributed by atoms with E-state index in [1.807, 2.05) is 0 Å². The van der Waals surface area contributed by atoms with Crippen LogP contribution < -0.4 is 0 Å². The fourth-order valence-corrected chi connectivity index (χ4v) is 5.22. The fraction of sp³-hybridized carbons (Fsp3) is 0.0968. The quantitative estimate of drug-likeness (QED) is 0.140. The molecule has 0 atom stereocenters. The van der Waals surface area contributed by atoms with Gasteiger partial charge in [-0.05, 0) is 47.3 Å². The van der Waals surface area contributed by atoms with Crippen molar-refractivity contribution < 1.29 is 46.5 Å². The summed E-state index contributed by atoms with van der Waals surface area (Å²) in [6.07, 6.45) is -4.59. The second kappa shape index (κ2) is 12.0. The van der Waals surface area contributed by atoms with E-state index in [1.54, 1.807) is 0 Å².